The van der Waals surface area contributed by atoms with Gasteiger partial charge in [-0.25, -0.2) is 5.01 Å². The Kier molecular flexibility index (Phi) is 4.90. The van der Waals surface area contributed by atoms with Gasteiger partial charge in [0.15, 0.2) is 11.3 Å². The lowest BCUT2D eigenvalue weighted by Gasteiger charge is -2.34. The van der Waals surface area contributed by atoms with E-state index in [2.05, 4.69) is 26.3 Å². The molecule has 2 aromatic rings. The van der Waals surface area contributed by atoms with Crippen LogP contribution in [-0.2, 0) is 4.79 Å². The Labute approximate surface area is 172 Å². The average molecular weight is 460 g/mol. The van der Waals surface area contributed by atoms with Crippen LogP contribution >= 0.6 is 27.7 Å². The summed E-state index contributed by atoms with van der Waals surface area (Å²) in [6.45, 7) is 1.96. The highest BCUT2D eigenvalue weighted by Crippen LogP contribution is 2.32. The zero-order chi connectivity index (χ0) is 19.8. The number of amides is 1. The number of hydrogen-bond donors (Lipinski definition) is 1. The number of nitrogens with zero attached hydrogens (tertiary/aromatic N) is 4. The van der Waals surface area contributed by atoms with Crippen LogP contribution in [-0.4, -0.2) is 26.8 Å². The van der Waals surface area contributed by atoms with Gasteiger partial charge in [0.2, 0.25) is 0 Å². The standard InChI is InChI=1S/C18H14BrN5O3S/c1-2-28-18-21-17(25)15-13-9-11(19)6-7-14(13)20-16(23(15)22-18)10-4-3-5-12(8-10)24(26)27/h3-9,16H,2H2,1H3,(H,21,22,25). The molecule has 2 aromatic carbocycles. The number of nitro benzene ring substituents is 1. The molecular weight excluding hydrogens is 446 g/mol. The van der Waals surface area contributed by atoms with Gasteiger partial charge in [-0.3, -0.25) is 25.2 Å². The molecular formula is C18H14BrN5O3S. The molecule has 4 rings (SSSR count). The summed E-state index contributed by atoms with van der Waals surface area (Å²) in [6, 6.07) is 11.7. The number of amidine groups is 1. The molecule has 0 spiro atoms. The van der Waals surface area contributed by atoms with Crippen LogP contribution in [0.15, 0.2) is 57.0 Å². The Bertz CT molecular complexity index is 1150. The van der Waals surface area contributed by atoms with Crippen molar-refractivity contribution in [1.82, 2.24) is 10.3 Å². The highest BCUT2D eigenvalue weighted by Gasteiger charge is 2.34. The number of benzene rings is 2. The Morgan fingerprint density at radius 2 is 2.14 bits per heavy atom. The first-order valence-corrected chi connectivity index (χ1v) is 10.2. The van der Waals surface area contributed by atoms with Gasteiger partial charge in [-0.2, -0.15) is 0 Å². The first kappa shape index (κ1) is 18.6. The molecule has 0 radical (unpaired) electrons. The smallest absolute Gasteiger partial charge is 0.276 e. The second kappa shape index (κ2) is 7.36. The number of rotatable bonds is 3. The molecule has 1 amide bonds. The van der Waals surface area contributed by atoms with Gasteiger partial charge in [0.1, 0.15) is 5.70 Å². The van der Waals surface area contributed by atoms with E-state index in [1.807, 2.05) is 19.1 Å². The summed E-state index contributed by atoms with van der Waals surface area (Å²) >= 11 is 4.83. The van der Waals surface area contributed by atoms with Crippen molar-refractivity contribution >= 4 is 50.2 Å². The maximum absolute atomic E-state index is 12.9. The molecule has 1 N–H and O–H groups in total. The topological polar surface area (TPSA) is 100 Å². The van der Waals surface area contributed by atoms with Gasteiger partial charge in [-0.1, -0.05) is 46.7 Å². The minimum absolute atomic E-state index is 0.0375. The Balaban J connectivity index is 1.96. The molecule has 0 saturated heterocycles. The Morgan fingerprint density at radius 1 is 1.32 bits per heavy atom. The van der Waals surface area contributed by atoms with E-state index < -0.39 is 11.1 Å². The van der Waals surface area contributed by atoms with E-state index >= 15 is 0 Å². The molecule has 8 nitrogen and oxygen atoms in total. The van der Waals surface area contributed by atoms with Gasteiger partial charge in [-0.15, -0.1) is 5.10 Å². The second-order valence-electron chi connectivity index (χ2n) is 6.00. The van der Waals surface area contributed by atoms with Crippen molar-refractivity contribution in [3.05, 3.63) is 73.2 Å². The first-order chi connectivity index (χ1) is 13.5. The molecule has 0 aliphatic carbocycles. The summed E-state index contributed by atoms with van der Waals surface area (Å²) < 4.78 is 0.813. The van der Waals surface area contributed by atoms with E-state index in [0.29, 0.717) is 27.0 Å². The van der Waals surface area contributed by atoms with Crippen molar-refractivity contribution < 1.29 is 9.72 Å². The van der Waals surface area contributed by atoms with Crippen molar-refractivity contribution in [1.29, 1.82) is 0 Å². The number of thioether (sulfide) groups is 1. The molecule has 1 atom stereocenters. The lowest BCUT2D eigenvalue weighted by atomic mass is 10.1. The van der Waals surface area contributed by atoms with E-state index in [4.69, 9.17) is 4.99 Å². The lowest BCUT2D eigenvalue weighted by molar-refractivity contribution is -0.384. The predicted octanol–water partition coefficient (Wildman–Crippen LogP) is 2.25. The van der Waals surface area contributed by atoms with E-state index in [1.54, 1.807) is 23.2 Å². The molecule has 2 aliphatic heterocycles. The number of halogens is 1. The van der Waals surface area contributed by atoms with Crippen molar-refractivity contribution in [2.75, 3.05) is 5.75 Å². The zero-order valence-corrected chi connectivity index (χ0v) is 17.0. The molecule has 10 heteroatoms. The molecule has 2 heterocycles. The van der Waals surface area contributed by atoms with Gasteiger partial charge >= 0.3 is 0 Å². The maximum atomic E-state index is 12.9. The number of nitrogens with one attached hydrogen (secondary N) is 1. The summed E-state index contributed by atoms with van der Waals surface area (Å²) in [6.07, 6.45) is -0.679. The molecule has 0 fully saturated rings. The number of carbonyl (C=O) groups is 1. The third-order valence-electron chi connectivity index (χ3n) is 4.23. The zero-order valence-electron chi connectivity index (χ0n) is 14.6. The molecule has 0 aromatic heterocycles. The summed E-state index contributed by atoms with van der Waals surface area (Å²) in [5.41, 5.74) is 0.910. The molecule has 1 unspecified atom stereocenters. The fourth-order valence-electron chi connectivity index (χ4n) is 3.07. The van der Waals surface area contributed by atoms with Crippen molar-refractivity contribution in [3.63, 3.8) is 0 Å². The van der Waals surface area contributed by atoms with E-state index in [9.17, 15) is 14.9 Å². The first-order valence-electron chi connectivity index (χ1n) is 8.42. The summed E-state index contributed by atoms with van der Waals surface area (Å²) in [7, 11) is 0. The van der Waals surface area contributed by atoms with E-state index in [0.717, 1.165) is 10.2 Å². The number of fused-ring (bicyclic) bond motifs is 2. The van der Waals surface area contributed by atoms with Crippen molar-refractivity contribution in [2.45, 2.75) is 13.1 Å². The van der Waals surface area contributed by atoms with Crippen molar-refractivity contribution in [2.24, 2.45) is 10.1 Å². The van der Waals surface area contributed by atoms with Gasteiger partial charge in [-0.05, 0) is 24.0 Å². The number of nitro groups is 1. The lowest BCUT2D eigenvalue weighted by Crippen LogP contribution is -2.50. The van der Waals surface area contributed by atoms with Crippen LogP contribution in [0.1, 0.15) is 18.7 Å². The quantitative estimate of drug-likeness (QED) is 0.560. The van der Waals surface area contributed by atoms with Crippen LogP contribution in [0.5, 0.6) is 0 Å². The maximum Gasteiger partial charge on any atom is 0.276 e. The molecule has 2 aliphatic rings. The monoisotopic (exact) mass is 459 g/mol. The van der Waals surface area contributed by atoms with Gasteiger partial charge < -0.3 is 0 Å². The normalized spacial score (nSPS) is 17.9. The number of carbonyl (C=O) groups excluding carboxylic acids is 1. The number of hydrazone groups is 1. The van der Waals surface area contributed by atoms with Crippen LogP contribution in [0.25, 0.3) is 5.70 Å². The third kappa shape index (κ3) is 3.29. The third-order valence-corrected chi connectivity index (χ3v) is 5.47. The highest BCUT2D eigenvalue weighted by molar-refractivity contribution is 9.10. The molecule has 0 saturated carbocycles. The largest absolute Gasteiger partial charge is 0.298 e. The van der Waals surface area contributed by atoms with Crippen LogP contribution < -0.4 is 15.9 Å². The van der Waals surface area contributed by atoms with Crippen LogP contribution in [0.4, 0.5) is 5.69 Å². The van der Waals surface area contributed by atoms with Crippen LogP contribution in [0.3, 0.4) is 0 Å². The Hall–Kier alpha value is -2.72. The van der Waals surface area contributed by atoms with Crippen LogP contribution in [0.2, 0.25) is 0 Å². The minimum atomic E-state index is -0.679. The van der Waals surface area contributed by atoms with E-state index in [-0.39, 0.29) is 11.6 Å². The summed E-state index contributed by atoms with van der Waals surface area (Å²) in [4.78, 5) is 28.4. The Morgan fingerprint density at radius 3 is 2.89 bits per heavy atom. The summed E-state index contributed by atoms with van der Waals surface area (Å²) in [5, 5.41) is 21.9. The van der Waals surface area contributed by atoms with E-state index in [1.165, 1.54) is 23.9 Å². The van der Waals surface area contributed by atoms with Gasteiger partial charge in [0, 0.05) is 27.4 Å². The highest BCUT2D eigenvalue weighted by atomic mass is 79.9. The number of non-ortho nitro benzene ring substituents is 1. The second-order valence-corrected chi connectivity index (χ2v) is 8.17. The SMILES string of the molecule is CCSC1=NN2C(=c3cc(Br)ccc3=NC2c2cccc([N+](=O)[O-])c2)C(=O)N1. The van der Waals surface area contributed by atoms with Crippen molar-refractivity contribution in [3.8, 4) is 0 Å². The summed E-state index contributed by atoms with van der Waals surface area (Å²) in [5.74, 6) is 0.457. The predicted molar refractivity (Wildman–Crippen MR) is 110 cm³/mol. The fourth-order valence-corrected chi connectivity index (χ4v) is 4.01. The van der Waals surface area contributed by atoms with Gasteiger partial charge in [0.25, 0.3) is 11.6 Å². The average Bonchev–Trinajstić information content (AvgIpc) is 2.67. The van der Waals surface area contributed by atoms with Gasteiger partial charge in [0.05, 0.1) is 10.3 Å². The molecule has 28 heavy (non-hydrogen) atoms. The molecule has 0 bridgehead atoms. The van der Waals surface area contributed by atoms with Crippen LogP contribution in [0, 0.1) is 10.1 Å². The fraction of sp³-hybridized carbons (Fsp3) is 0.167. The number of hydrogen-bond acceptors (Lipinski definition) is 7. The molecule has 142 valence electrons. The minimum Gasteiger partial charge on any atom is -0.298 e.